The quantitative estimate of drug-likeness (QED) is 0.536. The molecule has 1 rings (SSSR count). The van der Waals surface area contributed by atoms with Gasteiger partial charge in [0, 0.05) is 5.69 Å². The van der Waals surface area contributed by atoms with Gasteiger partial charge in [0.1, 0.15) is 5.15 Å². The highest BCUT2D eigenvalue weighted by atomic mass is 35.5. The third-order valence-electron chi connectivity index (χ3n) is 0.854. The highest BCUT2D eigenvalue weighted by Gasteiger charge is 1.84. The van der Waals surface area contributed by atoms with Gasteiger partial charge in [-0.3, -0.25) is 0 Å². The fraction of sp³-hybridized carbons (Fsp3) is 0.167. The summed E-state index contributed by atoms with van der Waals surface area (Å²) in [5.74, 6) is 0. The molecule has 0 bridgehead atoms. The van der Waals surface area contributed by atoms with Gasteiger partial charge in [0.25, 0.3) is 0 Å². The molecule has 0 spiro atoms. The molecule has 0 saturated heterocycles. The lowest BCUT2D eigenvalue weighted by Crippen LogP contribution is -1.76. The molecule has 50 valence electrons. The van der Waals surface area contributed by atoms with Crippen LogP contribution in [0.25, 0.3) is 0 Å². The van der Waals surface area contributed by atoms with Crippen molar-refractivity contribution >= 4 is 24.0 Å². The molecule has 0 N–H and O–H groups in total. The lowest BCUT2D eigenvalue weighted by Gasteiger charge is -1.88. The minimum absolute atomic E-state index is 0. The fourth-order valence-electron chi connectivity index (χ4n) is 0.510. The van der Waals surface area contributed by atoms with Crippen LogP contribution in [0.15, 0.2) is 18.2 Å². The van der Waals surface area contributed by atoms with Crippen LogP contribution in [0.2, 0.25) is 5.15 Å². The van der Waals surface area contributed by atoms with Crippen LogP contribution in [0.4, 0.5) is 0 Å². The average Bonchev–Trinajstić information content (AvgIpc) is 1.64. The van der Waals surface area contributed by atoms with Crippen molar-refractivity contribution in [2.45, 2.75) is 6.92 Å². The molecule has 0 fully saturated rings. The Bertz CT molecular complexity index is 171. The van der Waals surface area contributed by atoms with Crippen molar-refractivity contribution in [1.82, 2.24) is 4.98 Å². The molecular formula is C6H7Cl2N. The van der Waals surface area contributed by atoms with Crippen LogP contribution >= 0.6 is 24.0 Å². The van der Waals surface area contributed by atoms with Crippen LogP contribution in [0.3, 0.4) is 0 Å². The summed E-state index contributed by atoms with van der Waals surface area (Å²) >= 11 is 5.53. The van der Waals surface area contributed by atoms with Gasteiger partial charge in [0.2, 0.25) is 0 Å². The Morgan fingerprint density at radius 2 is 2.11 bits per heavy atom. The fourth-order valence-corrected chi connectivity index (χ4v) is 0.716. The van der Waals surface area contributed by atoms with Crippen molar-refractivity contribution in [1.29, 1.82) is 0 Å². The Morgan fingerprint density at radius 3 is 2.44 bits per heavy atom. The maximum absolute atomic E-state index is 5.53. The Morgan fingerprint density at radius 1 is 1.44 bits per heavy atom. The minimum atomic E-state index is 0. The number of aromatic nitrogens is 1. The van der Waals surface area contributed by atoms with Gasteiger partial charge in [-0.1, -0.05) is 17.7 Å². The summed E-state index contributed by atoms with van der Waals surface area (Å²) in [6.45, 7) is 1.91. The Labute approximate surface area is 65.5 Å². The molecule has 0 aromatic carbocycles. The summed E-state index contributed by atoms with van der Waals surface area (Å²) in [5.41, 5.74) is 0.956. The molecule has 1 aromatic heterocycles. The molecule has 1 aromatic rings. The zero-order chi connectivity index (χ0) is 5.98. The largest absolute Gasteiger partial charge is 0.241 e. The number of hydrogen-bond acceptors (Lipinski definition) is 1. The predicted octanol–water partition coefficient (Wildman–Crippen LogP) is 2.47. The standard InChI is InChI=1S/C6H6ClN.ClH/c1-5-3-2-4-6(7)8-5;/h2-4H,1H3;1H. The summed E-state index contributed by atoms with van der Waals surface area (Å²) in [6.07, 6.45) is 0. The second-order valence-electron chi connectivity index (χ2n) is 1.60. The summed E-state index contributed by atoms with van der Waals surface area (Å²) < 4.78 is 0. The molecule has 1 nitrogen and oxygen atoms in total. The maximum Gasteiger partial charge on any atom is 0.129 e. The monoisotopic (exact) mass is 163 g/mol. The van der Waals surface area contributed by atoms with Crippen LogP contribution in [0.1, 0.15) is 5.69 Å². The summed E-state index contributed by atoms with van der Waals surface area (Å²) in [6, 6.07) is 5.55. The first-order valence-electron chi connectivity index (χ1n) is 2.38. The van der Waals surface area contributed by atoms with E-state index in [9.17, 15) is 0 Å². The van der Waals surface area contributed by atoms with E-state index in [0.29, 0.717) is 5.15 Å². The average molecular weight is 164 g/mol. The van der Waals surface area contributed by atoms with E-state index in [1.807, 2.05) is 19.1 Å². The van der Waals surface area contributed by atoms with Gasteiger partial charge in [-0.25, -0.2) is 4.98 Å². The Balaban J connectivity index is 0.000000640. The molecule has 0 unspecified atom stereocenters. The summed E-state index contributed by atoms with van der Waals surface area (Å²) in [5, 5.41) is 0.560. The second kappa shape index (κ2) is 3.70. The number of nitrogens with zero attached hydrogens (tertiary/aromatic N) is 1. The maximum atomic E-state index is 5.53. The van der Waals surface area contributed by atoms with Gasteiger partial charge in [-0.05, 0) is 19.1 Å². The van der Waals surface area contributed by atoms with Gasteiger partial charge < -0.3 is 0 Å². The van der Waals surface area contributed by atoms with Crippen molar-refractivity contribution in [3.8, 4) is 0 Å². The molecule has 0 aliphatic rings. The first-order chi connectivity index (χ1) is 3.79. The molecular weight excluding hydrogens is 157 g/mol. The lowest BCUT2D eigenvalue weighted by molar-refractivity contribution is 1.20. The van der Waals surface area contributed by atoms with Crippen molar-refractivity contribution in [3.05, 3.63) is 29.0 Å². The van der Waals surface area contributed by atoms with E-state index in [-0.39, 0.29) is 12.4 Å². The van der Waals surface area contributed by atoms with Crippen LogP contribution < -0.4 is 0 Å². The van der Waals surface area contributed by atoms with Crippen LogP contribution in [-0.2, 0) is 0 Å². The topological polar surface area (TPSA) is 12.9 Å². The van der Waals surface area contributed by atoms with Gasteiger partial charge in [-0.15, -0.1) is 12.4 Å². The Kier molecular flexibility index (Phi) is 3.59. The molecule has 0 amide bonds. The zero-order valence-electron chi connectivity index (χ0n) is 4.97. The van der Waals surface area contributed by atoms with Gasteiger partial charge >= 0.3 is 0 Å². The normalized spacial score (nSPS) is 8.22. The molecule has 1 heterocycles. The van der Waals surface area contributed by atoms with E-state index in [1.54, 1.807) is 6.07 Å². The minimum Gasteiger partial charge on any atom is -0.241 e. The van der Waals surface area contributed by atoms with Gasteiger partial charge in [0.05, 0.1) is 0 Å². The molecule has 0 saturated carbocycles. The van der Waals surface area contributed by atoms with Crippen molar-refractivity contribution in [3.63, 3.8) is 0 Å². The second-order valence-corrected chi connectivity index (χ2v) is 1.99. The third-order valence-corrected chi connectivity index (χ3v) is 1.06. The number of pyridine rings is 1. The van der Waals surface area contributed by atoms with E-state index >= 15 is 0 Å². The SMILES string of the molecule is Cc1cccc(Cl)n1.Cl. The molecule has 0 radical (unpaired) electrons. The molecule has 3 heteroatoms. The summed E-state index contributed by atoms with van der Waals surface area (Å²) in [7, 11) is 0. The van der Waals surface area contributed by atoms with Crippen LogP contribution in [-0.4, -0.2) is 4.98 Å². The van der Waals surface area contributed by atoms with E-state index in [4.69, 9.17) is 11.6 Å². The van der Waals surface area contributed by atoms with Gasteiger partial charge in [-0.2, -0.15) is 0 Å². The predicted molar refractivity (Wildman–Crippen MR) is 41.2 cm³/mol. The van der Waals surface area contributed by atoms with Gasteiger partial charge in [0.15, 0.2) is 0 Å². The first kappa shape index (κ1) is 8.73. The van der Waals surface area contributed by atoms with E-state index in [1.165, 1.54) is 0 Å². The summed E-state index contributed by atoms with van der Waals surface area (Å²) in [4.78, 5) is 3.94. The Hall–Kier alpha value is -0.270. The third kappa shape index (κ3) is 2.68. The molecule has 0 aliphatic heterocycles. The smallest absolute Gasteiger partial charge is 0.129 e. The van der Waals surface area contributed by atoms with Crippen molar-refractivity contribution in [2.24, 2.45) is 0 Å². The lowest BCUT2D eigenvalue weighted by atomic mass is 10.4. The molecule has 0 aliphatic carbocycles. The van der Waals surface area contributed by atoms with E-state index in [0.717, 1.165) is 5.69 Å². The zero-order valence-corrected chi connectivity index (χ0v) is 6.54. The van der Waals surface area contributed by atoms with Crippen molar-refractivity contribution < 1.29 is 0 Å². The molecule has 9 heavy (non-hydrogen) atoms. The van der Waals surface area contributed by atoms with Crippen LogP contribution in [0, 0.1) is 6.92 Å². The number of hydrogen-bond donors (Lipinski definition) is 0. The number of rotatable bonds is 0. The van der Waals surface area contributed by atoms with Crippen LogP contribution in [0.5, 0.6) is 0 Å². The highest BCUT2D eigenvalue weighted by Crippen LogP contribution is 2.02. The number of aryl methyl sites for hydroxylation is 1. The van der Waals surface area contributed by atoms with E-state index in [2.05, 4.69) is 4.98 Å². The van der Waals surface area contributed by atoms with E-state index < -0.39 is 0 Å². The first-order valence-corrected chi connectivity index (χ1v) is 2.76. The number of halogens is 2. The molecule has 0 atom stereocenters. The highest BCUT2D eigenvalue weighted by molar-refractivity contribution is 6.29. The van der Waals surface area contributed by atoms with Crippen molar-refractivity contribution in [2.75, 3.05) is 0 Å².